The fraction of sp³-hybridized carbons (Fsp3) is 0.200. The monoisotopic (exact) mass is 229 g/mol. The Hall–Kier alpha value is -1.96. The Labute approximate surface area is 102 Å². The minimum atomic E-state index is 0.501. The smallest absolute Gasteiger partial charge is 0.135 e. The van der Waals surface area contributed by atoms with E-state index in [-0.39, 0.29) is 0 Å². The molecular weight excluding hydrogens is 210 g/mol. The van der Waals surface area contributed by atoms with Crippen LogP contribution < -0.4 is 16.4 Å². The van der Waals surface area contributed by atoms with Crippen molar-refractivity contribution in [2.24, 2.45) is 5.73 Å². The molecule has 0 aliphatic carbocycles. The van der Waals surface area contributed by atoms with Crippen molar-refractivity contribution in [2.75, 3.05) is 0 Å². The second-order valence-electron chi connectivity index (χ2n) is 3.86. The zero-order valence-electron chi connectivity index (χ0n) is 10.5. The molecule has 0 bridgehead atoms. The molecule has 0 amide bonds. The topological polar surface area (TPSA) is 39.2 Å². The van der Waals surface area contributed by atoms with E-state index in [0.29, 0.717) is 11.1 Å². The zero-order valence-corrected chi connectivity index (χ0v) is 10.5. The van der Waals surface area contributed by atoms with Crippen molar-refractivity contribution in [3.63, 3.8) is 0 Å². The van der Waals surface area contributed by atoms with Crippen molar-refractivity contribution in [3.05, 3.63) is 47.2 Å². The third kappa shape index (κ3) is 3.25. The molecule has 2 heteroatoms. The molecule has 0 saturated heterocycles. The summed E-state index contributed by atoms with van der Waals surface area (Å²) in [6.45, 7) is 11.7. The van der Waals surface area contributed by atoms with Crippen LogP contribution in [0.5, 0.6) is 0 Å². The number of benzene rings is 1. The van der Waals surface area contributed by atoms with E-state index in [4.69, 9.17) is 10.2 Å². The van der Waals surface area contributed by atoms with Gasteiger partial charge in [-0.05, 0) is 12.1 Å². The second-order valence-corrected chi connectivity index (χ2v) is 3.86. The Kier molecular flexibility index (Phi) is 4.58. The van der Waals surface area contributed by atoms with Gasteiger partial charge in [0.25, 0.3) is 0 Å². The molecule has 17 heavy (non-hydrogen) atoms. The first-order valence-electron chi connectivity index (χ1n) is 5.72. The SMILES string of the molecule is C=C(N)/C=c1\c(=C)oc2ccccc12.CCC. The van der Waals surface area contributed by atoms with Gasteiger partial charge in [0, 0.05) is 16.3 Å². The lowest BCUT2D eigenvalue weighted by molar-refractivity contribution is 0.577. The van der Waals surface area contributed by atoms with E-state index < -0.39 is 0 Å². The summed E-state index contributed by atoms with van der Waals surface area (Å²) < 4.78 is 5.46. The number of allylic oxidation sites excluding steroid dienone is 1. The summed E-state index contributed by atoms with van der Waals surface area (Å²) in [7, 11) is 0. The molecule has 2 aromatic rings. The van der Waals surface area contributed by atoms with E-state index in [1.165, 1.54) is 6.42 Å². The van der Waals surface area contributed by atoms with Gasteiger partial charge in [0.2, 0.25) is 0 Å². The number of rotatable bonds is 1. The fourth-order valence-corrected chi connectivity index (χ4v) is 1.46. The summed E-state index contributed by atoms with van der Waals surface area (Å²) in [6, 6.07) is 7.75. The standard InChI is InChI=1S/C12H11NO.C3H8/c1-8(13)7-11-9(2)14-12-6-4-3-5-10(11)12;1-3-2/h3-7H,1-2,13H2;3H2,1-2H3/b11-7+;. The highest BCUT2D eigenvalue weighted by atomic mass is 16.3. The zero-order chi connectivity index (χ0) is 12.8. The van der Waals surface area contributed by atoms with Gasteiger partial charge in [-0.25, -0.2) is 0 Å². The first-order chi connectivity index (χ1) is 8.10. The van der Waals surface area contributed by atoms with Crippen LogP contribution in [0.2, 0.25) is 0 Å². The van der Waals surface area contributed by atoms with Crippen molar-refractivity contribution in [2.45, 2.75) is 20.3 Å². The highest BCUT2D eigenvalue weighted by Gasteiger charge is 1.99. The summed E-state index contributed by atoms with van der Waals surface area (Å²) in [5, 5.41) is 1.93. The minimum Gasteiger partial charge on any atom is -0.457 e. The van der Waals surface area contributed by atoms with Gasteiger partial charge in [0.05, 0.1) is 0 Å². The van der Waals surface area contributed by atoms with Gasteiger partial charge >= 0.3 is 0 Å². The van der Waals surface area contributed by atoms with Crippen LogP contribution >= 0.6 is 0 Å². The molecule has 1 aromatic heterocycles. The van der Waals surface area contributed by atoms with Gasteiger partial charge in [-0.3, -0.25) is 0 Å². The molecule has 0 unspecified atom stereocenters. The summed E-state index contributed by atoms with van der Waals surface area (Å²) in [6.07, 6.45) is 3.02. The van der Waals surface area contributed by atoms with E-state index in [1.807, 2.05) is 24.3 Å². The summed E-state index contributed by atoms with van der Waals surface area (Å²) in [5.41, 5.74) is 7.47. The third-order valence-electron chi connectivity index (χ3n) is 2.04. The molecule has 90 valence electrons. The van der Waals surface area contributed by atoms with Crippen LogP contribution in [0.1, 0.15) is 20.3 Å². The lowest BCUT2D eigenvalue weighted by Gasteiger charge is -1.86. The van der Waals surface area contributed by atoms with Crippen molar-refractivity contribution >= 4 is 23.6 Å². The van der Waals surface area contributed by atoms with Gasteiger partial charge in [0.15, 0.2) is 0 Å². The third-order valence-corrected chi connectivity index (χ3v) is 2.04. The van der Waals surface area contributed by atoms with Crippen LogP contribution in [0.3, 0.4) is 0 Å². The van der Waals surface area contributed by atoms with E-state index in [1.54, 1.807) is 6.08 Å². The van der Waals surface area contributed by atoms with Crippen molar-refractivity contribution in [1.82, 2.24) is 0 Å². The number of nitrogens with two attached hydrogens (primary N) is 1. The molecular formula is C15H19NO. The van der Waals surface area contributed by atoms with Gasteiger partial charge in [-0.1, -0.05) is 51.6 Å². The summed E-state index contributed by atoms with van der Waals surface area (Å²) >= 11 is 0. The Morgan fingerprint density at radius 3 is 2.53 bits per heavy atom. The molecule has 0 saturated carbocycles. The van der Waals surface area contributed by atoms with Gasteiger partial charge < -0.3 is 10.2 Å². The Morgan fingerprint density at radius 1 is 1.35 bits per heavy atom. The summed E-state index contributed by atoms with van der Waals surface area (Å²) in [5.74, 6) is 0. The second kappa shape index (κ2) is 5.94. The number of hydrogen-bond acceptors (Lipinski definition) is 2. The molecule has 2 rings (SSSR count). The highest BCUT2D eigenvalue weighted by molar-refractivity contribution is 5.79. The summed E-state index contributed by atoms with van der Waals surface area (Å²) in [4.78, 5) is 0. The quantitative estimate of drug-likeness (QED) is 0.816. The Bertz CT molecular complexity index is 607. The van der Waals surface area contributed by atoms with E-state index in [9.17, 15) is 0 Å². The Morgan fingerprint density at radius 2 is 1.94 bits per heavy atom. The lowest BCUT2D eigenvalue weighted by atomic mass is 10.2. The van der Waals surface area contributed by atoms with E-state index in [0.717, 1.165) is 16.2 Å². The predicted octanol–water partition coefficient (Wildman–Crippen LogP) is 2.51. The number of fused-ring (bicyclic) bond motifs is 1. The predicted molar refractivity (Wildman–Crippen MR) is 74.7 cm³/mol. The highest BCUT2D eigenvalue weighted by Crippen LogP contribution is 2.06. The molecule has 0 aliphatic heterocycles. The maximum absolute atomic E-state index is 5.52. The average molecular weight is 229 g/mol. The fourth-order valence-electron chi connectivity index (χ4n) is 1.46. The Balaban J connectivity index is 0.000000437. The number of para-hydroxylation sites is 1. The van der Waals surface area contributed by atoms with Crippen LogP contribution in [0, 0.1) is 0 Å². The van der Waals surface area contributed by atoms with Gasteiger partial charge in [-0.15, -0.1) is 0 Å². The van der Waals surface area contributed by atoms with Crippen LogP contribution in [0.25, 0.3) is 23.6 Å². The maximum atomic E-state index is 5.52. The van der Waals surface area contributed by atoms with E-state index >= 15 is 0 Å². The first-order valence-corrected chi connectivity index (χ1v) is 5.72. The molecule has 2 nitrogen and oxygen atoms in total. The maximum Gasteiger partial charge on any atom is 0.135 e. The van der Waals surface area contributed by atoms with Crippen molar-refractivity contribution in [1.29, 1.82) is 0 Å². The molecule has 0 fully saturated rings. The van der Waals surface area contributed by atoms with Gasteiger partial charge in [0.1, 0.15) is 11.0 Å². The lowest BCUT2D eigenvalue weighted by Crippen LogP contribution is -2.19. The molecule has 0 radical (unpaired) electrons. The normalized spacial score (nSPS) is 11.1. The van der Waals surface area contributed by atoms with Gasteiger partial charge in [-0.2, -0.15) is 0 Å². The minimum absolute atomic E-state index is 0.501. The van der Waals surface area contributed by atoms with Crippen LogP contribution in [0.15, 0.2) is 41.0 Å². The molecule has 0 aliphatic rings. The van der Waals surface area contributed by atoms with Crippen LogP contribution in [0.4, 0.5) is 0 Å². The number of hydrogen-bond donors (Lipinski definition) is 1. The molecule has 1 heterocycles. The largest absolute Gasteiger partial charge is 0.457 e. The van der Waals surface area contributed by atoms with Crippen molar-refractivity contribution < 1.29 is 4.42 Å². The molecule has 0 spiro atoms. The van der Waals surface area contributed by atoms with Crippen molar-refractivity contribution in [3.8, 4) is 0 Å². The average Bonchev–Trinajstić information content (AvgIpc) is 2.56. The number of furan rings is 1. The molecule has 2 N–H and O–H groups in total. The van der Waals surface area contributed by atoms with Crippen LogP contribution in [-0.4, -0.2) is 0 Å². The molecule has 1 aromatic carbocycles. The van der Waals surface area contributed by atoms with E-state index in [2.05, 4.69) is 27.0 Å². The first kappa shape index (κ1) is 13.1. The molecule has 0 atom stereocenters. The van der Waals surface area contributed by atoms with Crippen LogP contribution in [-0.2, 0) is 0 Å².